The van der Waals surface area contributed by atoms with E-state index in [9.17, 15) is 18.0 Å². The van der Waals surface area contributed by atoms with Crippen LogP contribution in [0.15, 0.2) is 0 Å². The Morgan fingerprint density at radius 1 is 1.40 bits per heavy atom. The van der Waals surface area contributed by atoms with Gasteiger partial charge in [0, 0.05) is 6.54 Å². The van der Waals surface area contributed by atoms with Crippen LogP contribution in [0, 0.1) is 5.41 Å². The van der Waals surface area contributed by atoms with Gasteiger partial charge >= 0.3 is 11.9 Å². The number of carbonyl (C=O) groups excluding carboxylic acids is 1. The minimum Gasteiger partial charge on any atom is -0.480 e. The smallest absolute Gasteiger partial charge is 0.322 e. The fourth-order valence-corrected chi connectivity index (χ4v) is 5.04. The van der Waals surface area contributed by atoms with Gasteiger partial charge in [-0.2, -0.15) is 4.31 Å². The van der Waals surface area contributed by atoms with E-state index in [-0.39, 0.29) is 18.7 Å². The number of hydrogen-bond donors (Lipinski definition) is 1. The summed E-state index contributed by atoms with van der Waals surface area (Å²) in [6.45, 7) is 0.244. The fraction of sp³-hybridized carbons (Fsp3) is 0.833. The molecule has 0 aromatic carbocycles. The van der Waals surface area contributed by atoms with Gasteiger partial charge in [-0.3, -0.25) is 9.59 Å². The van der Waals surface area contributed by atoms with Gasteiger partial charge in [-0.15, -0.1) is 0 Å². The first-order chi connectivity index (χ1) is 9.30. The lowest BCUT2D eigenvalue weighted by atomic mass is 10.1. The lowest BCUT2D eigenvalue weighted by Crippen LogP contribution is -2.43. The third-order valence-corrected chi connectivity index (χ3v) is 6.17. The lowest BCUT2D eigenvalue weighted by Gasteiger charge is -2.23. The number of nitrogens with zero attached hydrogens (tertiary/aromatic N) is 1. The van der Waals surface area contributed by atoms with Gasteiger partial charge < -0.3 is 9.84 Å². The lowest BCUT2D eigenvalue weighted by molar-refractivity contribution is -0.142. The number of carboxylic acids is 1. The van der Waals surface area contributed by atoms with Crippen molar-refractivity contribution >= 4 is 22.0 Å². The normalized spacial score (nSPS) is 25.4. The molecule has 2 aliphatic rings. The predicted molar refractivity (Wildman–Crippen MR) is 69.5 cm³/mol. The van der Waals surface area contributed by atoms with Crippen molar-refractivity contribution in [2.24, 2.45) is 5.41 Å². The molecule has 20 heavy (non-hydrogen) atoms. The molecule has 7 nitrogen and oxygen atoms in total. The Kier molecular flexibility index (Phi) is 4.06. The molecule has 0 amide bonds. The van der Waals surface area contributed by atoms with Crippen LogP contribution < -0.4 is 0 Å². The minimum atomic E-state index is -3.66. The Hall–Kier alpha value is -1.15. The van der Waals surface area contributed by atoms with Crippen LogP contribution in [0.3, 0.4) is 0 Å². The van der Waals surface area contributed by atoms with Crippen molar-refractivity contribution in [1.82, 2.24) is 4.31 Å². The number of methoxy groups -OCH3 is 1. The third kappa shape index (κ3) is 3.12. The van der Waals surface area contributed by atoms with E-state index in [0.29, 0.717) is 25.7 Å². The minimum absolute atomic E-state index is 0.0777. The quantitative estimate of drug-likeness (QED) is 0.704. The maximum Gasteiger partial charge on any atom is 0.322 e. The number of aliphatic carboxylic acids is 1. The van der Waals surface area contributed by atoms with E-state index in [1.807, 2.05) is 0 Å². The summed E-state index contributed by atoms with van der Waals surface area (Å²) in [4.78, 5) is 22.4. The summed E-state index contributed by atoms with van der Waals surface area (Å²) in [5.41, 5.74) is -0.558. The summed E-state index contributed by atoms with van der Waals surface area (Å²) in [6, 6.07) is -0.964. The first kappa shape index (κ1) is 15.2. The SMILES string of the molecule is COC(=O)CC1(CS(=O)(=O)N2CCC[C@H]2C(=O)O)CC1. The van der Waals surface area contributed by atoms with Gasteiger partial charge in [0.2, 0.25) is 10.0 Å². The van der Waals surface area contributed by atoms with Crippen LogP contribution in [-0.2, 0) is 24.3 Å². The summed E-state index contributed by atoms with van der Waals surface area (Å²) < 4.78 is 30.4. The molecule has 0 aromatic heterocycles. The molecule has 114 valence electrons. The van der Waals surface area contributed by atoms with Gasteiger partial charge in [-0.1, -0.05) is 0 Å². The monoisotopic (exact) mass is 305 g/mol. The number of sulfonamides is 1. The largest absolute Gasteiger partial charge is 0.480 e. The van der Waals surface area contributed by atoms with Crippen LogP contribution in [0.1, 0.15) is 32.1 Å². The molecule has 1 N–H and O–H groups in total. The highest BCUT2D eigenvalue weighted by atomic mass is 32.2. The van der Waals surface area contributed by atoms with Gasteiger partial charge in [0.1, 0.15) is 6.04 Å². The highest BCUT2D eigenvalue weighted by molar-refractivity contribution is 7.89. The highest BCUT2D eigenvalue weighted by Crippen LogP contribution is 2.50. The van der Waals surface area contributed by atoms with Crippen molar-refractivity contribution in [1.29, 1.82) is 0 Å². The predicted octanol–water partition coefficient (Wildman–Crippen LogP) is 0.208. The second kappa shape index (κ2) is 5.33. The van der Waals surface area contributed by atoms with E-state index >= 15 is 0 Å². The number of carbonyl (C=O) groups is 2. The van der Waals surface area contributed by atoms with Gasteiger partial charge in [-0.05, 0) is 31.1 Å². The number of rotatable bonds is 6. The van der Waals surface area contributed by atoms with Crippen molar-refractivity contribution in [2.75, 3.05) is 19.4 Å². The third-order valence-electron chi connectivity index (χ3n) is 4.04. The van der Waals surface area contributed by atoms with Crippen LogP contribution in [-0.4, -0.2) is 55.2 Å². The zero-order valence-corrected chi connectivity index (χ0v) is 12.2. The Balaban J connectivity index is 2.08. The van der Waals surface area contributed by atoms with Gasteiger partial charge in [0.05, 0.1) is 19.3 Å². The maximum absolute atomic E-state index is 12.4. The zero-order chi connectivity index (χ0) is 15.0. The fourth-order valence-electron chi connectivity index (χ4n) is 2.72. The molecule has 8 heteroatoms. The molecular weight excluding hydrogens is 286 g/mol. The van der Waals surface area contributed by atoms with Gasteiger partial charge in [0.15, 0.2) is 0 Å². The first-order valence-electron chi connectivity index (χ1n) is 6.59. The number of hydrogen-bond acceptors (Lipinski definition) is 5. The second-order valence-corrected chi connectivity index (χ2v) is 7.54. The molecule has 1 saturated heterocycles. The van der Waals surface area contributed by atoms with E-state index < -0.39 is 33.4 Å². The average Bonchev–Trinajstić information content (AvgIpc) is 2.93. The highest BCUT2D eigenvalue weighted by Gasteiger charge is 2.51. The molecule has 0 bridgehead atoms. The molecule has 1 heterocycles. The van der Waals surface area contributed by atoms with E-state index in [4.69, 9.17) is 5.11 Å². The van der Waals surface area contributed by atoms with E-state index in [1.54, 1.807) is 0 Å². The van der Waals surface area contributed by atoms with E-state index in [0.717, 1.165) is 4.31 Å². The number of ether oxygens (including phenoxy) is 1. The molecule has 1 aliphatic carbocycles. The molecule has 2 fully saturated rings. The van der Waals surface area contributed by atoms with Crippen molar-refractivity contribution in [3.63, 3.8) is 0 Å². The van der Waals surface area contributed by atoms with Crippen molar-refractivity contribution in [2.45, 2.75) is 38.1 Å². The van der Waals surface area contributed by atoms with Crippen molar-refractivity contribution in [3.05, 3.63) is 0 Å². The van der Waals surface area contributed by atoms with Crippen LogP contribution in [0.4, 0.5) is 0 Å². The van der Waals surface area contributed by atoms with E-state index in [1.165, 1.54) is 7.11 Å². The topological polar surface area (TPSA) is 101 Å². The Labute approximate surface area is 117 Å². The zero-order valence-electron chi connectivity index (χ0n) is 11.4. The van der Waals surface area contributed by atoms with Gasteiger partial charge in [0.25, 0.3) is 0 Å². The summed E-state index contributed by atoms with van der Waals surface area (Å²) >= 11 is 0. The van der Waals surface area contributed by atoms with Crippen LogP contribution >= 0.6 is 0 Å². The molecular formula is C12H19NO6S. The van der Waals surface area contributed by atoms with Crippen LogP contribution in [0.25, 0.3) is 0 Å². The molecule has 1 aliphatic heterocycles. The Bertz CT molecular complexity index is 510. The first-order valence-corrected chi connectivity index (χ1v) is 8.20. The maximum atomic E-state index is 12.4. The average molecular weight is 305 g/mol. The molecule has 0 unspecified atom stereocenters. The summed E-state index contributed by atoms with van der Waals surface area (Å²) in [7, 11) is -2.39. The van der Waals surface area contributed by atoms with Gasteiger partial charge in [-0.25, -0.2) is 8.42 Å². The van der Waals surface area contributed by atoms with Crippen LogP contribution in [0.2, 0.25) is 0 Å². The summed E-state index contributed by atoms with van der Waals surface area (Å²) in [6.07, 6.45) is 2.30. The summed E-state index contributed by atoms with van der Waals surface area (Å²) in [5, 5.41) is 9.06. The van der Waals surface area contributed by atoms with Crippen molar-refractivity contribution < 1.29 is 27.9 Å². The Morgan fingerprint density at radius 3 is 2.55 bits per heavy atom. The van der Waals surface area contributed by atoms with Crippen LogP contribution in [0.5, 0.6) is 0 Å². The standard InChI is InChI=1S/C12H19NO6S/c1-19-10(14)7-12(4-5-12)8-20(17,18)13-6-2-3-9(13)11(15)16/h9H,2-8H2,1H3,(H,15,16)/t9-/m0/s1. The second-order valence-electron chi connectivity index (χ2n) is 5.62. The van der Waals surface area contributed by atoms with E-state index in [2.05, 4.69) is 4.74 Å². The molecule has 0 radical (unpaired) electrons. The molecule has 0 aromatic rings. The molecule has 1 saturated carbocycles. The molecule has 1 atom stereocenters. The number of carboxylic acid groups (broad SMARTS) is 1. The summed E-state index contributed by atoms with van der Waals surface area (Å²) in [5.74, 6) is -1.70. The molecule has 2 rings (SSSR count). The number of esters is 1. The van der Waals surface area contributed by atoms with Crippen molar-refractivity contribution in [3.8, 4) is 0 Å². The Morgan fingerprint density at radius 2 is 2.05 bits per heavy atom. The molecule has 0 spiro atoms.